The van der Waals surface area contributed by atoms with Gasteiger partial charge in [-0.2, -0.15) is 0 Å². The Bertz CT molecular complexity index is 857. The van der Waals surface area contributed by atoms with Gasteiger partial charge in [-0.05, 0) is 30.3 Å². The number of nitrogen functional groups attached to an aromatic ring is 1. The predicted octanol–water partition coefficient (Wildman–Crippen LogP) is 4.36. The van der Waals surface area contributed by atoms with Gasteiger partial charge in [-0.1, -0.05) is 29.8 Å². The Morgan fingerprint density at radius 2 is 1.88 bits per heavy atom. The lowest BCUT2D eigenvalue weighted by atomic mass is 10.2. The minimum Gasteiger partial charge on any atom is -0.393 e. The monoisotopic (exact) mass is 343 g/mol. The molecule has 3 rings (SSSR count). The van der Waals surface area contributed by atoms with Crippen molar-refractivity contribution in [3.8, 4) is 0 Å². The van der Waals surface area contributed by atoms with Crippen LogP contribution < -0.4 is 16.0 Å². The molecule has 0 radical (unpaired) electrons. The van der Waals surface area contributed by atoms with Crippen LogP contribution in [0.1, 0.15) is 0 Å². The number of aromatic nitrogens is 2. The summed E-state index contributed by atoms with van der Waals surface area (Å²) < 4.78 is 13.3. The number of nitrogens with two attached hydrogens (primary N) is 1. The summed E-state index contributed by atoms with van der Waals surface area (Å²) in [5.41, 5.74) is 8.11. The Hall–Kier alpha value is -2.86. The second-order valence-corrected chi connectivity index (χ2v) is 5.52. The van der Waals surface area contributed by atoms with Crippen molar-refractivity contribution < 1.29 is 4.39 Å². The van der Waals surface area contributed by atoms with Gasteiger partial charge in [0.2, 0.25) is 0 Å². The fourth-order valence-electron chi connectivity index (χ4n) is 2.24. The third-order valence-corrected chi connectivity index (χ3v) is 3.80. The van der Waals surface area contributed by atoms with E-state index in [-0.39, 0.29) is 5.02 Å². The minimum absolute atomic E-state index is 0.0225. The topological polar surface area (TPSA) is 67.1 Å². The van der Waals surface area contributed by atoms with Crippen molar-refractivity contribution in [3.63, 3.8) is 0 Å². The van der Waals surface area contributed by atoms with E-state index in [1.165, 1.54) is 18.5 Å². The maximum absolute atomic E-state index is 13.3. The second-order valence-electron chi connectivity index (χ2n) is 5.11. The summed E-state index contributed by atoms with van der Waals surface area (Å²) in [5.74, 6) is 0.500. The molecule has 0 fully saturated rings. The molecule has 2 aromatic carbocycles. The van der Waals surface area contributed by atoms with E-state index in [1.807, 2.05) is 42.3 Å². The van der Waals surface area contributed by atoms with Crippen LogP contribution in [0.4, 0.5) is 33.1 Å². The number of hydrogen-bond donors (Lipinski definition) is 2. The summed E-state index contributed by atoms with van der Waals surface area (Å²) in [6.07, 6.45) is 1.42. The SMILES string of the molecule is CN(c1ccccc1)c1ncnc(Nc2ccc(F)c(Cl)c2)c1N. The van der Waals surface area contributed by atoms with Crippen LogP contribution in [-0.4, -0.2) is 17.0 Å². The number of halogens is 2. The molecule has 122 valence electrons. The van der Waals surface area contributed by atoms with Crippen LogP contribution in [0.5, 0.6) is 0 Å². The molecule has 1 heterocycles. The quantitative estimate of drug-likeness (QED) is 0.736. The first-order chi connectivity index (χ1) is 11.6. The highest BCUT2D eigenvalue weighted by Crippen LogP contribution is 2.32. The van der Waals surface area contributed by atoms with Crippen LogP contribution >= 0.6 is 11.6 Å². The number of nitrogens with one attached hydrogen (secondary N) is 1. The third-order valence-electron chi connectivity index (χ3n) is 3.51. The smallest absolute Gasteiger partial charge is 0.161 e. The van der Waals surface area contributed by atoms with Crippen molar-refractivity contribution in [2.24, 2.45) is 0 Å². The van der Waals surface area contributed by atoms with Gasteiger partial charge in [-0.15, -0.1) is 0 Å². The molecule has 1 aromatic heterocycles. The number of anilines is 5. The highest BCUT2D eigenvalue weighted by atomic mass is 35.5. The Balaban J connectivity index is 1.92. The van der Waals surface area contributed by atoms with Crippen LogP contribution in [0.25, 0.3) is 0 Å². The second kappa shape index (κ2) is 6.72. The van der Waals surface area contributed by atoms with Crippen molar-refractivity contribution in [3.05, 3.63) is 65.7 Å². The van der Waals surface area contributed by atoms with Crippen molar-refractivity contribution in [2.45, 2.75) is 0 Å². The first-order valence-corrected chi connectivity index (χ1v) is 7.55. The Morgan fingerprint density at radius 3 is 2.58 bits per heavy atom. The minimum atomic E-state index is -0.484. The van der Waals surface area contributed by atoms with Crippen molar-refractivity contribution in [2.75, 3.05) is 23.0 Å². The molecule has 0 unspecified atom stereocenters. The summed E-state index contributed by atoms with van der Waals surface area (Å²) in [7, 11) is 1.87. The molecule has 0 atom stereocenters. The first-order valence-electron chi connectivity index (χ1n) is 7.17. The van der Waals surface area contributed by atoms with Crippen molar-refractivity contribution in [1.82, 2.24) is 9.97 Å². The molecule has 3 N–H and O–H groups in total. The Morgan fingerprint density at radius 1 is 1.12 bits per heavy atom. The summed E-state index contributed by atoms with van der Waals surface area (Å²) in [4.78, 5) is 10.3. The fourth-order valence-corrected chi connectivity index (χ4v) is 2.42. The molecule has 24 heavy (non-hydrogen) atoms. The van der Waals surface area contributed by atoms with E-state index in [0.29, 0.717) is 23.0 Å². The van der Waals surface area contributed by atoms with E-state index >= 15 is 0 Å². The molecule has 0 aliphatic rings. The van der Waals surface area contributed by atoms with E-state index in [4.69, 9.17) is 17.3 Å². The fraction of sp³-hybridized carbons (Fsp3) is 0.0588. The molecule has 0 aliphatic heterocycles. The summed E-state index contributed by atoms with van der Waals surface area (Å²) >= 11 is 5.79. The lowest BCUT2D eigenvalue weighted by Gasteiger charge is -2.21. The van der Waals surface area contributed by atoms with Gasteiger partial charge in [0, 0.05) is 18.4 Å². The zero-order valence-electron chi connectivity index (χ0n) is 12.9. The number of para-hydroxylation sites is 1. The molecule has 0 spiro atoms. The molecule has 3 aromatic rings. The summed E-state index contributed by atoms with van der Waals surface area (Å²) in [6.45, 7) is 0. The third kappa shape index (κ3) is 3.23. The molecular weight excluding hydrogens is 329 g/mol. The number of benzene rings is 2. The van der Waals surface area contributed by atoms with Crippen LogP contribution in [0, 0.1) is 5.82 Å². The van der Waals surface area contributed by atoms with Crippen molar-refractivity contribution in [1.29, 1.82) is 0 Å². The lowest BCUT2D eigenvalue weighted by Crippen LogP contribution is -2.15. The molecule has 0 saturated carbocycles. The van der Waals surface area contributed by atoms with Gasteiger partial charge in [0.05, 0.1) is 5.02 Å². The van der Waals surface area contributed by atoms with Gasteiger partial charge in [0.15, 0.2) is 11.6 Å². The van der Waals surface area contributed by atoms with E-state index in [1.54, 1.807) is 6.07 Å². The number of nitrogens with zero attached hydrogens (tertiary/aromatic N) is 3. The largest absolute Gasteiger partial charge is 0.393 e. The van der Waals surface area contributed by atoms with E-state index in [2.05, 4.69) is 15.3 Å². The normalized spacial score (nSPS) is 10.5. The Labute approximate surface area is 143 Å². The number of hydrogen-bond acceptors (Lipinski definition) is 5. The standard InChI is InChI=1S/C17H15ClFN5/c1-24(12-5-3-2-4-6-12)17-15(20)16(21-10-22-17)23-11-7-8-14(19)13(18)9-11/h2-10H,20H2,1H3,(H,21,22,23). The molecule has 0 amide bonds. The average molecular weight is 344 g/mol. The van der Waals surface area contributed by atoms with Crippen LogP contribution in [-0.2, 0) is 0 Å². The first kappa shape index (κ1) is 16.0. The maximum Gasteiger partial charge on any atom is 0.161 e. The summed E-state index contributed by atoms with van der Waals surface area (Å²) in [6, 6.07) is 14.0. The highest BCUT2D eigenvalue weighted by molar-refractivity contribution is 6.31. The molecule has 0 saturated heterocycles. The van der Waals surface area contributed by atoms with Gasteiger partial charge in [-0.25, -0.2) is 14.4 Å². The van der Waals surface area contributed by atoms with Gasteiger partial charge >= 0.3 is 0 Å². The van der Waals surface area contributed by atoms with E-state index < -0.39 is 5.82 Å². The average Bonchev–Trinajstić information content (AvgIpc) is 2.60. The molecule has 5 nitrogen and oxygen atoms in total. The van der Waals surface area contributed by atoms with Crippen LogP contribution in [0.3, 0.4) is 0 Å². The van der Waals surface area contributed by atoms with Gasteiger partial charge < -0.3 is 16.0 Å². The van der Waals surface area contributed by atoms with Crippen LogP contribution in [0.2, 0.25) is 5.02 Å². The zero-order chi connectivity index (χ0) is 17.1. The molecular formula is C17H15ClFN5. The van der Waals surface area contributed by atoms with Gasteiger partial charge in [-0.3, -0.25) is 0 Å². The maximum atomic E-state index is 13.3. The van der Waals surface area contributed by atoms with Crippen molar-refractivity contribution >= 4 is 40.3 Å². The van der Waals surface area contributed by atoms with E-state index in [0.717, 1.165) is 5.69 Å². The zero-order valence-corrected chi connectivity index (χ0v) is 13.6. The number of rotatable bonds is 4. The molecule has 0 bridgehead atoms. The summed E-state index contributed by atoms with van der Waals surface area (Å²) in [5, 5.41) is 3.06. The van der Waals surface area contributed by atoms with Gasteiger partial charge in [0.1, 0.15) is 17.8 Å². The van der Waals surface area contributed by atoms with Gasteiger partial charge in [0.25, 0.3) is 0 Å². The Kier molecular flexibility index (Phi) is 4.48. The highest BCUT2D eigenvalue weighted by Gasteiger charge is 2.14. The van der Waals surface area contributed by atoms with Crippen LogP contribution in [0.15, 0.2) is 54.9 Å². The molecule has 0 aliphatic carbocycles. The molecule has 7 heteroatoms. The lowest BCUT2D eigenvalue weighted by molar-refractivity contribution is 0.628. The predicted molar refractivity (Wildman–Crippen MR) is 95.6 cm³/mol. The van der Waals surface area contributed by atoms with E-state index in [9.17, 15) is 4.39 Å².